The maximum absolute atomic E-state index is 10.5. The molecule has 0 spiro atoms. The van der Waals surface area contributed by atoms with Crippen LogP contribution in [0, 0.1) is 6.92 Å². The van der Waals surface area contributed by atoms with Gasteiger partial charge in [-0.1, -0.05) is 23.7 Å². The predicted molar refractivity (Wildman–Crippen MR) is 85.8 cm³/mol. The molecule has 118 valence electrons. The quantitative estimate of drug-likeness (QED) is 0.841. The van der Waals surface area contributed by atoms with Crippen LogP contribution < -0.4 is 5.32 Å². The first kappa shape index (κ1) is 16.7. The number of aliphatic hydroxyl groups is 1. The minimum absolute atomic E-state index is 0.551. The van der Waals surface area contributed by atoms with E-state index in [1.54, 1.807) is 0 Å². The minimum Gasteiger partial charge on any atom is -0.388 e. The highest BCUT2D eigenvalue weighted by atomic mass is 35.5. The van der Waals surface area contributed by atoms with Gasteiger partial charge in [-0.3, -0.25) is 4.90 Å². The topological polar surface area (TPSA) is 44.7 Å². The standard InChI is InChI=1S/C16H25ClN2O2/c1-13-3-4-14(9-15(13)17)10-18-11-16(2,20)12-19-5-7-21-8-6-19/h3-4,9,18,20H,5-8,10-12H2,1-2H3. The molecular formula is C16H25ClN2O2. The lowest BCUT2D eigenvalue weighted by molar-refractivity contribution is -0.0219. The highest BCUT2D eigenvalue weighted by Gasteiger charge is 2.24. The van der Waals surface area contributed by atoms with Crippen molar-refractivity contribution in [3.05, 3.63) is 34.3 Å². The summed E-state index contributed by atoms with van der Waals surface area (Å²) in [6.07, 6.45) is 0. The Kier molecular flexibility index (Phi) is 6.02. The molecule has 0 aromatic heterocycles. The third kappa shape index (κ3) is 5.57. The van der Waals surface area contributed by atoms with Crippen molar-refractivity contribution < 1.29 is 9.84 Å². The summed E-state index contributed by atoms with van der Waals surface area (Å²) in [6.45, 7) is 9.08. The number of hydrogen-bond donors (Lipinski definition) is 2. The number of ether oxygens (including phenoxy) is 1. The highest BCUT2D eigenvalue weighted by Crippen LogP contribution is 2.16. The van der Waals surface area contributed by atoms with E-state index in [0.29, 0.717) is 19.6 Å². The Morgan fingerprint density at radius 3 is 2.76 bits per heavy atom. The first-order valence-corrected chi connectivity index (χ1v) is 7.82. The van der Waals surface area contributed by atoms with Gasteiger partial charge < -0.3 is 15.2 Å². The summed E-state index contributed by atoms with van der Waals surface area (Å²) in [6, 6.07) is 6.05. The summed E-state index contributed by atoms with van der Waals surface area (Å²) in [5.74, 6) is 0. The fourth-order valence-corrected chi connectivity index (χ4v) is 2.72. The molecule has 2 rings (SSSR count). The third-order valence-electron chi connectivity index (χ3n) is 3.74. The van der Waals surface area contributed by atoms with Gasteiger partial charge in [0.05, 0.1) is 18.8 Å². The largest absolute Gasteiger partial charge is 0.388 e. The maximum Gasteiger partial charge on any atom is 0.0869 e. The molecule has 4 nitrogen and oxygen atoms in total. The molecule has 1 saturated heterocycles. The fourth-order valence-electron chi connectivity index (χ4n) is 2.52. The van der Waals surface area contributed by atoms with Crippen LogP contribution in [0.2, 0.25) is 5.02 Å². The summed E-state index contributed by atoms with van der Waals surface area (Å²) >= 11 is 6.12. The lowest BCUT2D eigenvalue weighted by atomic mass is 10.1. The second-order valence-corrected chi connectivity index (χ2v) is 6.48. The molecule has 0 radical (unpaired) electrons. The van der Waals surface area contributed by atoms with E-state index in [-0.39, 0.29) is 0 Å². The van der Waals surface area contributed by atoms with Gasteiger partial charge in [0, 0.05) is 37.7 Å². The summed E-state index contributed by atoms with van der Waals surface area (Å²) in [5, 5.41) is 14.6. The van der Waals surface area contributed by atoms with Crippen LogP contribution in [0.25, 0.3) is 0 Å². The smallest absolute Gasteiger partial charge is 0.0869 e. The van der Waals surface area contributed by atoms with Crippen molar-refractivity contribution in [2.45, 2.75) is 26.0 Å². The van der Waals surface area contributed by atoms with Gasteiger partial charge in [-0.2, -0.15) is 0 Å². The van der Waals surface area contributed by atoms with E-state index in [0.717, 1.165) is 42.5 Å². The molecule has 1 aliphatic heterocycles. The second kappa shape index (κ2) is 7.56. The Morgan fingerprint density at radius 1 is 1.38 bits per heavy atom. The monoisotopic (exact) mass is 312 g/mol. The Balaban J connectivity index is 1.76. The van der Waals surface area contributed by atoms with E-state index in [9.17, 15) is 5.11 Å². The summed E-state index contributed by atoms with van der Waals surface area (Å²) in [7, 11) is 0. The lowest BCUT2D eigenvalue weighted by Gasteiger charge is -2.34. The Bertz CT molecular complexity index is 460. The molecule has 1 atom stereocenters. The molecule has 0 bridgehead atoms. The minimum atomic E-state index is -0.744. The Morgan fingerprint density at radius 2 is 2.10 bits per heavy atom. The van der Waals surface area contributed by atoms with Crippen molar-refractivity contribution >= 4 is 11.6 Å². The third-order valence-corrected chi connectivity index (χ3v) is 4.15. The fraction of sp³-hybridized carbons (Fsp3) is 0.625. The van der Waals surface area contributed by atoms with Crippen LogP contribution in [0.1, 0.15) is 18.1 Å². The van der Waals surface area contributed by atoms with Crippen LogP contribution >= 0.6 is 11.6 Å². The zero-order valence-corrected chi connectivity index (χ0v) is 13.6. The van der Waals surface area contributed by atoms with Gasteiger partial charge in [0.2, 0.25) is 0 Å². The average molecular weight is 313 g/mol. The van der Waals surface area contributed by atoms with Crippen molar-refractivity contribution in [1.82, 2.24) is 10.2 Å². The molecule has 2 N–H and O–H groups in total. The molecule has 1 heterocycles. The molecule has 1 aliphatic rings. The molecule has 0 aliphatic carbocycles. The molecule has 1 fully saturated rings. The van der Waals surface area contributed by atoms with Gasteiger partial charge >= 0.3 is 0 Å². The van der Waals surface area contributed by atoms with E-state index in [4.69, 9.17) is 16.3 Å². The number of hydrogen-bond acceptors (Lipinski definition) is 4. The number of aryl methyl sites for hydroxylation is 1. The summed E-state index contributed by atoms with van der Waals surface area (Å²) < 4.78 is 5.32. The number of benzene rings is 1. The maximum atomic E-state index is 10.5. The number of β-amino-alcohol motifs (C(OH)–C–C–N with tert-alkyl or cyclic N) is 1. The first-order chi connectivity index (χ1) is 9.96. The van der Waals surface area contributed by atoms with Crippen LogP contribution in [-0.4, -0.2) is 55.0 Å². The van der Waals surface area contributed by atoms with Crippen LogP contribution in [0.15, 0.2) is 18.2 Å². The Labute approximate surface area is 132 Å². The number of nitrogens with one attached hydrogen (secondary N) is 1. The zero-order chi connectivity index (χ0) is 15.3. The van der Waals surface area contributed by atoms with Gasteiger partial charge in [-0.15, -0.1) is 0 Å². The highest BCUT2D eigenvalue weighted by molar-refractivity contribution is 6.31. The normalized spacial score (nSPS) is 19.4. The molecule has 5 heteroatoms. The van der Waals surface area contributed by atoms with E-state index >= 15 is 0 Å². The van der Waals surface area contributed by atoms with Crippen molar-refractivity contribution in [3.8, 4) is 0 Å². The predicted octanol–water partition coefficient (Wildman–Crippen LogP) is 1.82. The van der Waals surface area contributed by atoms with Gasteiger partial charge in [0.25, 0.3) is 0 Å². The van der Waals surface area contributed by atoms with Crippen molar-refractivity contribution in [2.24, 2.45) is 0 Å². The van der Waals surface area contributed by atoms with Gasteiger partial charge in [-0.25, -0.2) is 0 Å². The SMILES string of the molecule is Cc1ccc(CNCC(C)(O)CN2CCOCC2)cc1Cl. The van der Waals surface area contributed by atoms with Gasteiger partial charge in [0.1, 0.15) is 0 Å². The van der Waals surface area contributed by atoms with E-state index in [1.807, 2.05) is 26.0 Å². The first-order valence-electron chi connectivity index (χ1n) is 7.44. The zero-order valence-electron chi connectivity index (χ0n) is 12.9. The van der Waals surface area contributed by atoms with Gasteiger partial charge in [0.15, 0.2) is 0 Å². The number of nitrogens with zero attached hydrogens (tertiary/aromatic N) is 1. The molecule has 0 amide bonds. The van der Waals surface area contributed by atoms with E-state index in [2.05, 4.69) is 16.3 Å². The number of halogens is 1. The molecule has 1 aromatic carbocycles. The average Bonchev–Trinajstić information content (AvgIpc) is 2.43. The van der Waals surface area contributed by atoms with Crippen molar-refractivity contribution in [1.29, 1.82) is 0 Å². The summed E-state index contributed by atoms with van der Waals surface area (Å²) in [4.78, 5) is 2.24. The molecule has 21 heavy (non-hydrogen) atoms. The van der Waals surface area contributed by atoms with Crippen LogP contribution in [0.3, 0.4) is 0 Å². The summed E-state index contributed by atoms with van der Waals surface area (Å²) in [5.41, 5.74) is 1.47. The molecule has 0 saturated carbocycles. The van der Waals surface area contributed by atoms with Crippen LogP contribution in [0.4, 0.5) is 0 Å². The Hall–Kier alpha value is -0.650. The number of rotatable bonds is 6. The van der Waals surface area contributed by atoms with E-state index in [1.165, 1.54) is 0 Å². The van der Waals surface area contributed by atoms with Crippen LogP contribution in [0.5, 0.6) is 0 Å². The van der Waals surface area contributed by atoms with Crippen LogP contribution in [-0.2, 0) is 11.3 Å². The van der Waals surface area contributed by atoms with Crippen molar-refractivity contribution in [3.63, 3.8) is 0 Å². The second-order valence-electron chi connectivity index (χ2n) is 6.07. The molecule has 1 aromatic rings. The van der Waals surface area contributed by atoms with Crippen molar-refractivity contribution in [2.75, 3.05) is 39.4 Å². The van der Waals surface area contributed by atoms with Gasteiger partial charge in [-0.05, 0) is 31.0 Å². The lowest BCUT2D eigenvalue weighted by Crippen LogP contribution is -2.50. The molecule has 1 unspecified atom stereocenters. The molecular weight excluding hydrogens is 288 g/mol. The number of morpholine rings is 1. The van der Waals surface area contributed by atoms with E-state index < -0.39 is 5.60 Å².